The summed E-state index contributed by atoms with van der Waals surface area (Å²) in [4.78, 5) is 13.7. The van der Waals surface area contributed by atoms with Crippen LogP contribution in [0.25, 0.3) is 5.69 Å². The molecule has 7 nitrogen and oxygen atoms in total. The number of rotatable bonds is 5. The number of carbonyl (C=O) groups excluding carboxylic acids is 1. The first-order chi connectivity index (χ1) is 13.5. The molecule has 2 heterocycles. The van der Waals surface area contributed by atoms with Crippen LogP contribution >= 0.6 is 0 Å². The average Bonchev–Trinajstić information content (AvgIpc) is 3.28. The number of hydrogen-bond acceptors (Lipinski definition) is 5. The first-order valence-corrected chi connectivity index (χ1v) is 8.58. The normalized spacial score (nSPS) is 18.2. The summed E-state index contributed by atoms with van der Waals surface area (Å²) in [6, 6.07) is 3.43. The maximum atomic E-state index is 12.7. The van der Waals surface area contributed by atoms with Crippen LogP contribution in [-0.2, 0) is 17.5 Å². The van der Waals surface area contributed by atoms with Gasteiger partial charge in [0.15, 0.2) is 5.82 Å². The van der Waals surface area contributed by atoms with Crippen LogP contribution in [0.15, 0.2) is 24.3 Å². The van der Waals surface area contributed by atoms with E-state index in [0.717, 1.165) is 12.1 Å². The van der Waals surface area contributed by atoms with Crippen LogP contribution in [0.1, 0.15) is 24.2 Å². The second-order valence-electron chi connectivity index (χ2n) is 6.51. The van der Waals surface area contributed by atoms with Crippen molar-refractivity contribution in [3.05, 3.63) is 35.7 Å². The number of nitrogens with zero attached hydrogens (tertiary/aromatic N) is 5. The number of nitrogens with one attached hydrogen (secondary N) is 1. The molecule has 0 aliphatic carbocycles. The molecular weight excluding hydrogens is 406 g/mol. The quantitative estimate of drug-likeness (QED) is 0.749. The van der Waals surface area contributed by atoms with Crippen LogP contribution in [0.2, 0.25) is 0 Å². The molecule has 1 atom stereocenters. The van der Waals surface area contributed by atoms with Gasteiger partial charge in [-0.1, -0.05) is 0 Å². The largest absolute Gasteiger partial charge is 0.416 e. The summed E-state index contributed by atoms with van der Waals surface area (Å²) in [6.45, 7) is -0.915. The number of amides is 1. The topological polar surface area (TPSA) is 75.9 Å². The number of halogens is 6. The Labute approximate surface area is 160 Å². The van der Waals surface area contributed by atoms with Crippen LogP contribution in [0.3, 0.4) is 0 Å². The van der Waals surface area contributed by atoms with E-state index in [-0.39, 0.29) is 18.1 Å². The van der Waals surface area contributed by atoms with Gasteiger partial charge in [-0.3, -0.25) is 9.69 Å². The molecule has 1 N–H and O–H groups in total. The highest BCUT2D eigenvalue weighted by molar-refractivity contribution is 5.82. The summed E-state index contributed by atoms with van der Waals surface area (Å²) in [6.07, 6.45) is -8.00. The molecule has 0 spiro atoms. The van der Waals surface area contributed by atoms with Crippen LogP contribution in [0.4, 0.5) is 26.3 Å². The van der Waals surface area contributed by atoms with Crippen LogP contribution in [-0.4, -0.2) is 56.3 Å². The van der Waals surface area contributed by atoms with E-state index < -0.39 is 36.4 Å². The molecule has 1 aliphatic rings. The van der Waals surface area contributed by atoms with E-state index in [4.69, 9.17) is 0 Å². The van der Waals surface area contributed by atoms with E-state index in [1.165, 1.54) is 16.8 Å². The fourth-order valence-electron chi connectivity index (χ4n) is 3.10. The third-order valence-electron chi connectivity index (χ3n) is 4.45. The molecular formula is C16H16F6N6O. The molecule has 0 radical (unpaired) electrons. The summed E-state index contributed by atoms with van der Waals surface area (Å²) in [5, 5.41) is 13.0. The van der Waals surface area contributed by atoms with Crippen molar-refractivity contribution in [1.29, 1.82) is 0 Å². The fourth-order valence-corrected chi connectivity index (χ4v) is 3.10. The van der Waals surface area contributed by atoms with Gasteiger partial charge in [0.05, 0.1) is 23.8 Å². The second-order valence-corrected chi connectivity index (χ2v) is 6.51. The van der Waals surface area contributed by atoms with Gasteiger partial charge < -0.3 is 5.32 Å². The number of tetrazole rings is 1. The Morgan fingerprint density at radius 1 is 1.14 bits per heavy atom. The van der Waals surface area contributed by atoms with E-state index in [0.29, 0.717) is 19.4 Å². The molecule has 158 valence electrons. The first-order valence-electron chi connectivity index (χ1n) is 8.58. The Kier molecular flexibility index (Phi) is 5.78. The van der Waals surface area contributed by atoms with Crippen LogP contribution in [0, 0.1) is 0 Å². The molecule has 1 fully saturated rings. The number of carbonyl (C=O) groups is 1. The molecule has 13 heteroatoms. The number of alkyl halides is 6. The van der Waals surface area contributed by atoms with Crippen molar-refractivity contribution in [3.63, 3.8) is 0 Å². The monoisotopic (exact) mass is 422 g/mol. The number of benzene rings is 1. The molecule has 29 heavy (non-hydrogen) atoms. The Balaban J connectivity index is 1.71. The summed E-state index contributed by atoms with van der Waals surface area (Å²) in [5.74, 6) is -0.492. The lowest BCUT2D eigenvalue weighted by Gasteiger charge is -2.23. The molecule has 3 rings (SSSR count). The SMILES string of the molecule is O=C(NCC(F)(F)F)C1CCCN1Cc1nnnn1-c1ccc(C(F)(F)F)cc1. The molecule has 1 aliphatic heterocycles. The van der Waals surface area contributed by atoms with E-state index in [1.54, 1.807) is 4.90 Å². The van der Waals surface area contributed by atoms with Crippen molar-refractivity contribution in [2.75, 3.05) is 13.1 Å². The minimum Gasteiger partial charge on any atom is -0.346 e. The van der Waals surface area contributed by atoms with Crippen molar-refractivity contribution in [3.8, 4) is 5.69 Å². The highest BCUT2D eigenvalue weighted by Gasteiger charge is 2.35. The molecule has 1 aromatic carbocycles. The predicted molar refractivity (Wildman–Crippen MR) is 86.7 cm³/mol. The van der Waals surface area contributed by atoms with Crippen molar-refractivity contribution in [2.45, 2.75) is 37.8 Å². The zero-order chi connectivity index (χ0) is 21.2. The Bertz CT molecular complexity index is 847. The summed E-state index contributed by atoms with van der Waals surface area (Å²) >= 11 is 0. The van der Waals surface area contributed by atoms with E-state index in [2.05, 4.69) is 15.5 Å². The third-order valence-corrected chi connectivity index (χ3v) is 4.45. The molecule has 1 aromatic heterocycles. The average molecular weight is 422 g/mol. The van der Waals surface area contributed by atoms with Crippen molar-refractivity contribution in [2.24, 2.45) is 0 Å². The second kappa shape index (κ2) is 7.97. The van der Waals surface area contributed by atoms with Gasteiger partial charge in [0.1, 0.15) is 6.54 Å². The third kappa shape index (κ3) is 5.22. The van der Waals surface area contributed by atoms with Gasteiger partial charge in [0.2, 0.25) is 5.91 Å². The van der Waals surface area contributed by atoms with E-state index in [9.17, 15) is 31.1 Å². The summed E-state index contributed by atoms with van der Waals surface area (Å²) < 4.78 is 76.3. The molecule has 2 aromatic rings. The Morgan fingerprint density at radius 2 is 1.83 bits per heavy atom. The number of hydrogen-bond donors (Lipinski definition) is 1. The van der Waals surface area contributed by atoms with Crippen LogP contribution in [0.5, 0.6) is 0 Å². The molecule has 1 saturated heterocycles. The zero-order valence-corrected chi connectivity index (χ0v) is 14.8. The van der Waals surface area contributed by atoms with Gasteiger partial charge in [-0.05, 0) is 54.1 Å². The van der Waals surface area contributed by atoms with Gasteiger partial charge in [-0.15, -0.1) is 5.10 Å². The van der Waals surface area contributed by atoms with Gasteiger partial charge in [0.25, 0.3) is 0 Å². The highest BCUT2D eigenvalue weighted by Crippen LogP contribution is 2.29. The van der Waals surface area contributed by atoms with E-state index >= 15 is 0 Å². The smallest absolute Gasteiger partial charge is 0.346 e. The lowest BCUT2D eigenvalue weighted by atomic mass is 10.2. The highest BCUT2D eigenvalue weighted by atomic mass is 19.4. The number of likely N-dealkylation sites (tertiary alicyclic amines) is 1. The summed E-state index contributed by atoms with van der Waals surface area (Å²) in [7, 11) is 0. The van der Waals surface area contributed by atoms with Crippen molar-refractivity contribution in [1.82, 2.24) is 30.4 Å². The zero-order valence-electron chi connectivity index (χ0n) is 14.8. The minimum atomic E-state index is -4.51. The lowest BCUT2D eigenvalue weighted by molar-refractivity contribution is -0.141. The fraction of sp³-hybridized carbons (Fsp3) is 0.500. The standard InChI is InChI=1S/C16H16F6N6O/c17-15(18,19)9-23-14(29)12-2-1-7-27(12)8-13-24-25-26-28(13)11-5-3-10(4-6-11)16(20,21)22/h3-6,12H,1-2,7-9H2,(H,23,29). The van der Waals surface area contributed by atoms with Crippen molar-refractivity contribution < 1.29 is 31.1 Å². The van der Waals surface area contributed by atoms with Gasteiger partial charge in [-0.2, -0.15) is 31.0 Å². The number of aromatic nitrogens is 4. The maximum absolute atomic E-state index is 12.7. The first kappa shape index (κ1) is 21.0. The molecule has 1 amide bonds. The minimum absolute atomic E-state index is 0.0537. The molecule has 0 saturated carbocycles. The molecule has 0 bridgehead atoms. The van der Waals surface area contributed by atoms with Crippen LogP contribution < -0.4 is 5.32 Å². The van der Waals surface area contributed by atoms with E-state index in [1.807, 2.05) is 5.32 Å². The van der Waals surface area contributed by atoms with Gasteiger partial charge in [0, 0.05) is 0 Å². The molecule has 1 unspecified atom stereocenters. The van der Waals surface area contributed by atoms with Gasteiger partial charge in [-0.25, -0.2) is 0 Å². The van der Waals surface area contributed by atoms with Gasteiger partial charge >= 0.3 is 12.4 Å². The Morgan fingerprint density at radius 3 is 2.45 bits per heavy atom. The lowest BCUT2D eigenvalue weighted by Crippen LogP contribution is -2.45. The predicted octanol–water partition coefficient (Wildman–Crippen LogP) is 2.32. The van der Waals surface area contributed by atoms with Crippen molar-refractivity contribution >= 4 is 5.91 Å². The summed E-state index contributed by atoms with van der Waals surface area (Å²) in [5.41, 5.74) is -0.535. The Hall–Kier alpha value is -2.70. The maximum Gasteiger partial charge on any atom is 0.416 e.